The van der Waals surface area contributed by atoms with Gasteiger partial charge < -0.3 is 0 Å². The van der Waals surface area contributed by atoms with E-state index in [0.717, 1.165) is 12.3 Å². The van der Waals surface area contributed by atoms with Crippen LogP contribution >= 0.6 is 0 Å². The molecular formula is C10H16O. The smallest absolute Gasteiger partial charge is 0.136 e. The molecule has 2 rings (SSSR count). The summed E-state index contributed by atoms with van der Waals surface area (Å²) in [7, 11) is 0. The highest BCUT2D eigenvalue weighted by atomic mass is 16.1. The van der Waals surface area contributed by atoms with Gasteiger partial charge in [-0.2, -0.15) is 0 Å². The van der Waals surface area contributed by atoms with Gasteiger partial charge in [0.05, 0.1) is 0 Å². The Labute approximate surface area is 68.2 Å². The summed E-state index contributed by atoms with van der Waals surface area (Å²) in [4.78, 5) is 11.4. The summed E-state index contributed by atoms with van der Waals surface area (Å²) in [5.74, 6) is 1.84. The fraction of sp³-hybridized carbons (Fsp3) is 0.900. The quantitative estimate of drug-likeness (QED) is 0.521. The topological polar surface area (TPSA) is 17.1 Å². The van der Waals surface area contributed by atoms with E-state index >= 15 is 0 Å². The molecule has 2 aliphatic rings. The van der Waals surface area contributed by atoms with Gasteiger partial charge in [-0.05, 0) is 31.6 Å². The molecule has 0 amide bonds. The zero-order valence-corrected chi connectivity index (χ0v) is 7.01. The van der Waals surface area contributed by atoms with Crippen LogP contribution in [0.15, 0.2) is 0 Å². The maximum Gasteiger partial charge on any atom is 0.136 e. The van der Waals surface area contributed by atoms with E-state index < -0.39 is 0 Å². The molecule has 0 saturated heterocycles. The first-order chi connectivity index (χ1) is 5.38. The lowest BCUT2D eigenvalue weighted by Crippen LogP contribution is -2.30. The van der Waals surface area contributed by atoms with Crippen LogP contribution < -0.4 is 0 Å². The Balaban J connectivity index is 2.05. The number of fused-ring (bicyclic) bond motifs is 1. The summed E-state index contributed by atoms with van der Waals surface area (Å²) in [6.07, 6.45) is 8.57. The molecule has 62 valence electrons. The summed E-state index contributed by atoms with van der Waals surface area (Å²) < 4.78 is 0. The second-order valence-corrected chi connectivity index (χ2v) is 4.01. The SMILES string of the molecule is O=C1CCC[C@H]2CCCC[C@H]12. The molecule has 2 aliphatic carbocycles. The maximum atomic E-state index is 11.4. The zero-order chi connectivity index (χ0) is 7.68. The minimum Gasteiger partial charge on any atom is -0.299 e. The minimum absolute atomic E-state index is 0.484. The maximum absolute atomic E-state index is 11.4. The molecule has 0 aromatic rings. The summed E-state index contributed by atoms with van der Waals surface area (Å²) in [6.45, 7) is 0. The monoisotopic (exact) mass is 152 g/mol. The molecule has 1 nitrogen and oxygen atoms in total. The van der Waals surface area contributed by atoms with Crippen molar-refractivity contribution >= 4 is 5.78 Å². The predicted octanol–water partition coefficient (Wildman–Crippen LogP) is 2.55. The van der Waals surface area contributed by atoms with Crippen molar-refractivity contribution in [3.63, 3.8) is 0 Å². The Bertz CT molecular complexity index is 160. The molecule has 0 bridgehead atoms. The van der Waals surface area contributed by atoms with Gasteiger partial charge in [-0.25, -0.2) is 0 Å². The van der Waals surface area contributed by atoms with E-state index in [9.17, 15) is 4.79 Å². The molecule has 0 heterocycles. The summed E-state index contributed by atoms with van der Waals surface area (Å²) >= 11 is 0. The number of hydrogen-bond acceptors (Lipinski definition) is 1. The molecule has 0 unspecified atom stereocenters. The molecule has 0 aromatic carbocycles. The first kappa shape index (κ1) is 7.33. The van der Waals surface area contributed by atoms with E-state index in [1.54, 1.807) is 0 Å². The second kappa shape index (κ2) is 2.96. The predicted molar refractivity (Wildman–Crippen MR) is 44.3 cm³/mol. The van der Waals surface area contributed by atoms with Gasteiger partial charge in [0, 0.05) is 12.3 Å². The van der Waals surface area contributed by atoms with Crippen LogP contribution in [0, 0.1) is 11.8 Å². The summed E-state index contributed by atoms with van der Waals surface area (Å²) in [5, 5.41) is 0. The summed E-state index contributed by atoms with van der Waals surface area (Å²) in [5.41, 5.74) is 0. The molecule has 1 heteroatoms. The Morgan fingerprint density at radius 2 is 1.73 bits per heavy atom. The van der Waals surface area contributed by atoms with Crippen molar-refractivity contribution in [2.24, 2.45) is 11.8 Å². The Morgan fingerprint density at radius 3 is 2.55 bits per heavy atom. The van der Waals surface area contributed by atoms with Gasteiger partial charge in [0.15, 0.2) is 0 Å². The van der Waals surface area contributed by atoms with E-state index in [2.05, 4.69) is 0 Å². The van der Waals surface area contributed by atoms with E-state index in [1.165, 1.54) is 38.5 Å². The molecule has 0 aromatic heterocycles. The fourth-order valence-corrected chi connectivity index (χ4v) is 2.70. The van der Waals surface area contributed by atoms with Gasteiger partial charge in [-0.1, -0.05) is 12.8 Å². The molecule has 2 atom stereocenters. The standard InChI is InChI=1S/C10H16O/c11-10-7-3-5-8-4-1-2-6-9(8)10/h8-9H,1-7H2/t8-,9+/m1/s1. The van der Waals surface area contributed by atoms with Crippen LogP contribution in [0.1, 0.15) is 44.9 Å². The van der Waals surface area contributed by atoms with Crippen molar-refractivity contribution in [1.29, 1.82) is 0 Å². The largest absolute Gasteiger partial charge is 0.299 e. The average molecular weight is 152 g/mol. The van der Waals surface area contributed by atoms with Crippen LogP contribution in [0.5, 0.6) is 0 Å². The third-order valence-corrected chi connectivity index (χ3v) is 3.32. The van der Waals surface area contributed by atoms with E-state index in [-0.39, 0.29) is 0 Å². The molecule has 2 saturated carbocycles. The van der Waals surface area contributed by atoms with E-state index in [0.29, 0.717) is 11.7 Å². The van der Waals surface area contributed by atoms with Gasteiger partial charge in [-0.15, -0.1) is 0 Å². The number of Topliss-reactive ketones (excluding diaryl/α,β-unsaturated/α-hetero) is 1. The molecule has 0 N–H and O–H groups in total. The van der Waals surface area contributed by atoms with Crippen molar-refractivity contribution < 1.29 is 4.79 Å². The van der Waals surface area contributed by atoms with Gasteiger partial charge in [0.25, 0.3) is 0 Å². The number of carbonyl (C=O) groups excluding carboxylic acids is 1. The fourth-order valence-electron chi connectivity index (χ4n) is 2.70. The Morgan fingerprint density at radius 1 is 1.00 bits per heavy atom. The van der Waals surface area contributed by atoms with Gasteiger partial charge in [0.1, 0.15) is 5.78 Å². The molecule has 0 radical (unpaired) electrons. The lowest BCUT2D eigenvalue weighted by atomic mass is 9.70. The highest BCUT2D eigenvalue weighted by Gasteiger charge is 2.32. The van der Waals surface area contributed by atoms with E-state index in [4.69, 9.17) is 0 Å². The first-order valence-corrected chi connectivity index (χ1v) is 4.90. The van der Waals surface area contributed by atoms with Crippen molar-refractivity contribution in [3.8, 4) is 0 Å². The third kappa shape index (κ3) is 1.33. The van der Waals surface area contributed by atoms with Crippen molar-refractivity contribution in [3.05, 3.63) is 0 Å². The van der Waals surface area contributed by atoms with Crippen LogP contribution in [0.4, 0.5) is 0 Å². The normalized spacial score (nSPS) is 38.4. The van der Waals surface area contributed by atoms with Gasteiger partial charge in [0.2, 0.25) is 0 Å². The number of carbonyl (C=O) groups is 1. The van der Waals surface area contributed by atoms with Crippen molar-refractivity contribution in [2.75, 3.05) is 0 Å². The van der Waals surface area contributed by atoms with E-state index in [1.807, 2.05) is 0 Å². The van der Waals surface area contributed by atoms with Crippen molar-refractivity contribution in [2.45, 2.75) is 44.9 Å². The molecular weight excluding hydrogens is 136 g/mol. The van der Waals surface area contributed by atoms with Crippen LogP contribution in [0.25, 0.3) is 0 Å². The minimum atomic E-state index is 0.484. The van der Waals surface area contributed by atoms with Crippen LogP contribution in [-0.4, -0.2) is 5.78 Å². The van der Waals surface area contributed by atoms with Crippen LogP contribution in [0.2, 0.25) is 0 Å². The zero-order valence-electron chi connectivity index (χ0n) is 7.01. The summed E-state index contributed by atoms with van der Waals surface area (Å²) in [6, 6.07) is 0. The number of hydrogen-bond donors (Lipinski definition) is 0. The second-order valence-electron chi connectivity index (χ2n) is 4.01. The Kier molecular flexibility index (Phi) is 1.97. The first-order valence-electron chi connectivity index (χ1n) is 4.90. The lowest BCUT2D eigenvalue weighted by Gasteiger charge is -2.33. The molecule has 0 aliphatic heterocycles. The third-order valence-electron chi connectivity index (χ3n) is 3.32. The number of rotatable bonds is 0. The molecule has 0 spiro atoms. The van der Waals surface area contributed by atoms with Crippen molar-refractivity contribution in [1.82, 2.24) is 0 Å². The van der Waals surface area contributed by atoms with Gasteiger partial charge in [-0.3, -0.25) is 4.79 Å². The highest BCUT2D eigenvalue weighted by Crippen LogP contribution is 2.38. The Hall–Kier alpha value is -0.330. The van der Waals surface area contributed by atoms with Crippen LogP contribution in [0.3, 0.4) is 0 Å². The average Bonchev–Trinajstić information content (AvgIpc) is 2.06. The number of ketones is 1. The van der Waals surface area contributed by atoms with Gasteiger partial charge >= 0.3 is 0 Å². The highest BCUT2D eigenvalue weighted by molar-refractivity contribution is 5.82. The van der Waals surface area contributed by atoms with Crippen LogP contribution in [-0.2, 0) is 4.79 Å². The molecule has 11 heavy (non-hydrogen) atoms. The molecule has 2 fully saturated rings. The lowest BCUT2D eigenvalue weighted by molar-refractivity contribution is -0.127.